The monoisotopic (exact) mass is 614 g/mol. The lowest BCUT2D eigenvalue weighted by Gasteiger charge is -2.25. The van der Waals surface area contributed by atoms with Gasteiger partial charge in [0.15, 0.2) is 23.1 Å². The summed E-state index contributed by atoms with van der Waals surface area (Å²) in [6, 6.07) is 8.61. The molecule has 2 unspecified atom stereocenters. The van der Waals surface area contributed by atoms with Crippen LogP contribution in [0.4, 0.5) is 19.0 Å². The van der Waals surface area contributed by atoms with E-state index < -0.39 is 11.6 Å². The minimum atomic E-state index is -0.487. The molecule has 2 N–H and O–H groups in total. The van der Waals surface area contributed by atoms with Crippen molar-refractivity contribution in [1.29, 1.82) is 0 Å². The normalized spacial score (nSPS) is 16.6. The van der Waals surface area contributed by atoms with Crippen LogP contribution in [-0.4, -0.2) is 46.4 Å². The predicted molar refractivity (Wildman–Crippen MR) is 154 cm³/mol. The van der Waals surface area contributed by atoms with Crippen LogP contribution >= 0.6 is 22.7 Å². The molecule has 2 atom stereocenters. The number of nitrogens with zero attached hydrogens (tertiary/aromatic N) is 4. The Balaban J connectivity index is 1.15. The second-order valence-corrected chi connectivity index (χ2v) is 11.9. The number of anilines is 2. The van der Waals surface area contributed by atoms with Crippen molar-refractivity contribution in [2.45, 2.75) is 50.4 Å². The summed E-state index contributed by atoms with van der Waals surface area (Å²) in [7, 11) is 2.75. The highest BCUT2D eigenvalue weighted by atomic mass is 32.1. The molecule has 5 rings (SSSR count). The molecule has 1 fully saturated rings. The Hall–Kier alpha value is -4.04. The number of hydrogen-bond acceptors (Lipinski definition) is 10. The molecule has 1 saturated carbocycles. The third kappa shape index (κ3) is 7.23. The van der Waals surface area contributed by atoms with Gasteiger partial charge in [0, 0.05) is 11.8 Å². The number of amides is 2. The maximum atomic E-state index is 13.6. The van der Waals surface area contributed by atoms with E-state index in [9.17, 15) is 18.4 Å². The quantitative estimate of drug-likeness (QED) is 0.240. The number of aromatic nitrogens is 4. The van der Waals surface area contributed by atoms with Crippen LogP contribution in [0.25, 0.3) is 0 Å². The van der Waals surface area contributed by atoms with Gasteiger partial charge in [-0.3, -0.25) is 9.59 Å². The first kappa shape index (κ1) is 29.5. The second kappa shape index (κ2) is 13.3. The van der Waals surface area contributed by atoms with Crippen LogP contribution in [0, 0.1) is 11.6 Å². The minimum absolute atomic E-state index is 0.0467. The molecule has 0 aliphatic heterocycles. The van der Waals surface area contributed by atoms with Gasteiger partial charge < -0.3 is 20.1 Å². The fourth-order valence-electron chi connectivity index (χ4n) is 4.86. The molecule has 2 heterocycles. The molecule has 2 amide bonds. The second-order valence-electron chi connectivity index (χ2n) is 9.84. The first-order valence-corrected chi connectivity index (χ1v) is 14.9. The van der Waals surface area contributed by atoms with Gasteiger partial charge in [-0.05, 0) is 54.7 Å². The third-order valence-corrected chi connectivity index (χ3v) is 8.91. The first-order chi connectivity index (χ1) is 20.3. The SMILES string of the molecule is COc1cc(CC(=O)Nc2nnc(C3CCCC(c4nnc(NC(=O)Cc5ccc(F)c(OC)c5)s4)C3)s2)ccc1F. The average molecular weight is 615 g/mol. The maximum Gasteiger partial charge on any atom is 0.230 e. The van der Waals surface area contributed by atoms with Gasteiger partial charge in [0.25, 0.3) is 0 Å². The van der Waals surface area contributed by atoms with Crippen molar-refractivity contribution < 1.29 is 27.8 Å². The molecule has 1 aliphatic carbocycles. The van der Waals surface area contributed by atoms with E-state index >= 15 is 0 Å². The standard InChI is InChI=1S/C28H28F2N6O4S2/c1-39-21-10-15(6-8-19(21)29)12-23(37)31-27-35-33-25(41-27)17-4-3-5-18(14-17)26-34-36-28(42-26)32-24(38)13-16-7-9-20(30)22(11-16)40-2/h6-11,17-18H,3-5,12-14H2,1-2H3,(H,31,35,37)(H,32,36,38). The van der Waals surface area contributed by atoms with Gasteiger partial charge >= 0.3 is 0 Å². The molecule has 2 aromatic heterocycles. The number of ether oxygens (including phenoxy) is 2. The average Bonchev–Trinajstić information content (AvgIpc) is 3.65. The summed E-state index contributed by atoms with van der Waals surface area (Å²) in [5.74, 6) is -1.06. The van der Waals surface area contributed by atoms with Crippen molar-refractivity contribution in [3.8, 4) is 11.5 Å². The van der Waals surface area contributed by atoms with Crippen LogP contribution in [0.15, 0.2) is 36.4 Å². The van der Waals surface area contributed by atoms with E-state index in [2.05, 4.69) is 31.0 Å². The summed E-state index contributed by atoms with van der Waals surface area (Å²) >= 11 is 2.69. The Bertz CT molecular complexity index is 1470. The van der Waals surface area contributed by atoms with Gasteiger partial charge in [-0.1, -0.05) is 41.2 Å². The molecule has 0 spiro atoms. The maximum absolute atomic E-state index is 13.6. The van der Waals surface area contributed by atoms with Crippen LogP contribution in [0.3, 0.4) is 0 Å². The fraction of sp³-hybridized carbons (Fsp3) is 0.357. The van der Waals surface area contributed by atoms with Crippen molar-refractivity contribution in [1.82, 2.24) is 20.4 Å². The number of benzene rings is 2. The van der Waals surface area contributed by atoms with E-state index in [1.54, 1.807) is 12.1 Å². The van der Waals surface area contributed by atoms with Crippen molar-refractivity contribution in [3.05, 3.63) is 69.2 Å². The smallest absolute Gasteiger partial charge is 0.230 e. The molecule has 42 heavy (non-hydrogen) atoms. The molecule has 10 nitrogen and oxygen atoms in total. The third-order valence-electron chi connectivity index (χ3n) is 6.91. The molecule has 0 radical (unpaired) electrons. The highest BCUT2D eigenvalue weighted by Gasteiger charge is 2.29. The first-order valence-electron chi connectivity index (χ1n) is 13.2. The lowest BCUT2D eigenvalue weighted by Crippen LogP contribution is -2.14. The lowest BCUT2D eigenvalue weighted by molar-refractivity contribution is -0.116. The molecule has 0 bridgehead atoms. The molecule has 220 valence electrons. The molecule has 0 saturated heterocycles. The van der Waals surface area contributed by atoms with Gasteiger partial charge in [0.2, 0.25) is 22.1 Å². The number of carbonyl (C=O) groups is 2. The number of rotatable bonds is 10. The van der Waals surface area contributed by atoms with Crippen LogP contribution < -0.4 is 20.1 Å². The summed E-state index contributed by atoms with van der Waals surface area (Å²) in [4.78, 5) is 25.1. The zero-order chi connectivity index (χ0) is 29.6. The van der Waals surface area contributed by atoms with E-state index in [1.807, 2.05) is 0 Å². The number of halogens is 2. The van der Waals surface area contributed by atoms with Crippen LogP contribution in [-0.2, 0) is 22.4 Å². The Morgan fingerprint density at radius 2 is 1.24 bits per heavy atom. The van der Waals surface area contributed by atoms with E-state index in [0.717, 1.165) is 35.7 Å². The Labute approximate surface area is 248 Å². The molecule has 14 heteroatoms. The highest BCUT2D eigenvalue weighted by Crippen LogP contribution is 2.43. The van der Waals surface area contributed by atoms with Gasteiger partial charge in [0.05, 0.1) is 27.1 Å². The zero-order valence-corrected chi connectivity index (χ0v) is 24.5. The van der Waals surface area contributed by atoms with Crippen LogP contribution in [0.1, 0.15) is 58.7 Å². The van der Waals surface area contributed by atoms with Crippen molar-refractivity contribution in [3.63, 3.8) is 0 Å². The fourth-order valence-corrected chi connectivity index (χ4v) is 6.68. The number of hydrogen-bond donors (Lipinski definition) is 2. The van der Waals surface area contributed by atoms with E-state index in [0.29, 0.717) is 21.4 Å². The minimum Gasteiger partial charge on any atom is -0.494 e. The van der Waals surface area contributed by atoms with Crippen LogP contribution in [0.5, 0.6) is 11.5 Å². The summed E-state index contributed by atoms with van der Waals surface area (Å²) in [6.45, 7) is 0. The molecular weight excluding hydrogens is 586 g/mol. The van der Waals surface area contributed by atoms with E-state index in [1.165, 1.54) is 61.2 Å². The number of nitrogens with one attached hydrogen (secondary N) is 2. The van der Waals surface area contributed by atoms with Gasteiger partial charge in [0.1, 0.15) is 10.0 Å². The summed E-state index contributed by atoms with van der Waals surface area (Å²) in [6.07, 6.45) is 3.75. The van der Waals surface area contributed by atoms with E-state index in [-0.39, 0.29) is 48.0 Å². The largest absolute Gasteiger partial charge is 0.494 e. The van der Waals surface area contributed by atoms with Crippen molar-refractivity contribution in [2.75, 3.05) is 24.9 Å². The van der Waals surface area contributed by atoms with E-state index in [4.69, 9.17) is 9.47 Å². The van der Waals surface area contributed by atoms with Gasteiger partial charge in [-0.25, -0.2) is 8.78 Å². The summed E-state index contributed by atoms with van der Waals surface area (Å²) < 4.78 is 37.3. The predicted octanol–water partition coefficient (Wildman–Crippen LogP) is 5.49. The topological polar surface area (TPSA) is 128 Å². The number of carbonyl (C=O) groups excluding carboxylic acids is 2. The Morgan fingerprint density at radius 1 is 0.786 bits per heavy atom. The van der Waals surface area contributed by atoms with Gasteiger partial charge in [-0.2, -0.15) is 0 Å². The lowest BCUT2D eigenvalue weighted by atomic mass is 9.82. The van der Waals surface area contributed by atoms with Gasteiger partial charge in [-0.15, -0.1) is 20.4 Å². The van der Waals surface area contributed by atoms with Crippen LogP contribution in [0.2, 0.25) is 0 Å². The van der Waals surface area contributed by atoms with Crippen molar-refractivity contribution >= 4 is 44.8 Å². The summed E-state index contributed by atoms with van der Waals surface area (Å²) in [5.41, 5.74) is 1.24. The highest BCUT2D eigenvalue weighted by molar-refractivity contribution is 7.15. The van der Waals surface area contributed by atoms with Crippen molar-refractivity contribution in [2.24, 2.45) is 0 Å². The Morgan fingerprint density at radius 3 is 1.67 bits per heavy atom. The summed E-state index contributed by atoms with van der Waals surface area (Å²) in [5, 5.41) is 25.0. The molecule has 4 aromatic rings. The molecule has 1 aliphatic rings. The number of methoxy groups -OCH3 is 2. The Kier molecular flexibility index (Phi) is 9.32. The zero-order valence-electron chi connectivity index (χ0n) is 22.9. The molecular formula is C28H28F2N6O4S2. The molecule has 2 aromatic carbocycles.